The maximum absolute atomic E-state index is 13.0. The van der Waals surface area contributed by atoms with Gasteiger partial charge in [-0.2, -0.15) is 0 Å². The van der Waals surface area contributed by atoms with Crippen LogP contribution in [0.15, 0.2) is 51.7 Å². The zero-order valence-corrected chi connectivity index (χ0v) is 15.1. The van der Waals surface area contributed by atoms with Gasteiger partial charge in [0.05, 0.1) is 21.6 Å². The summed E-state index contributed by atoms with van der Waals surface area (Å²) in [4.78, 5) is 17.7. The SMILES string of the molecule is CCCCc1nc2ccccc2c(=O)n1-c1ccc(Br)cc1Cl. The number of rotatable bonds is 4. The Morgan fingerprint density at radius 1 is 1.22 bits per heavy atom. The van der Waals surface area contributed by atoms with Gasteiger partial charge >= 0.3 is 0 Å². The van der Waals surface area contributed by atoms with E-state index in [0.717, 1.165) is 35.1 Å². The molecule has 0 aliphatic carbocycles. The lowest BCUT2D eigenvalue weighted by Crippen LogP contribution is -2.24. The van der Waals surface area contributed by atoms with Gasteiger partial charge in [0, 0.05) is 10.9 Å². The van der Waals surface area contributed by atoms with Crippen LogP contribution in [0, 0.1) is 0 Å². The van der Waals surface area contributed by atoms with Crippen molar-refractivity contribution in [2.75, 3.05) is 0 Å². The fraction of sp³-hybridized carbons (Fsp3) is 0.222. The second kappa shape index (κ2) is 6.85. The lowest BCUT2D eigenvalue weighted by atomic mass is 10.2. The van der Waals surface area contributed by atoms with Crippen LogP contribution in [0.3, 0.4) is 0 Å². The van der Waals surface area contributed by atoms with E-state index in [9.17, 15) is 4.79 Å². The highest BCUT2D eigenvalue weighted by atomic mass is 79.9. The normalized spacial score (nSPS) is 11.1. The zero-order chi connectivity index (χ0) is 16.4. The summed E-state index contributed by atoms with van der Waals surface area (Å²) in [6.07, 6.45) is 2.75. The van der Waals surface area contributed by atoms with Crippen molar-refractivity contribution in [2.24, 2.45) is 0 Å². The fourth-order valence-electron chi connectivity index (χ4n) is 2.59. The zero-order valence-electron chi connectivity index (χ0n) is 12.7. The molecule has 118 valence electrons. The van der Waals surface area contributed by atoms with Crippen LogP contribution in [0.5, 0.6) is 0 Å². The van der Waals surface area contributed by atoms with Crippen molar-refractivity contribution in [1.82, 2.24) is 9.55 Å². The third kappa shape index (κ3) is 3.19. The van der Waals surface area contributed by atoms with E-state index >= 15 is 0 Å². The third-order valence-corrected chi connectivity index (χ3v) is 4.55. The molecule has 0 N–H and O–H groups in total. The Bertz CT molecular complexity index is 921. The molecule has 0 aliphatic heterocycles. The van der Waals surface area contributed by atoms with Gasteiger partial charge in [0.2, 0.25) is 0 Å². The summed E-state index contributed by atoms with van der Waals surface area (Å²) in [6, 6.07) is 12.9. The number of aryl methyl sites for hydroxylation is 1. The van der Waals surface area contributed by atoms with Crippen LogP contribution in [-0.4, -0.2) is 9.55 Å². The largest absolute Gasteiger partial charge is 0.268 e. The van der Waals surface area contributed by atoms with Crippen molar-refractivity contribution in [1.29, 1.82) is 0 Å². The molecular formula is C18H16BrClN2O. The van der Waals surface area contributed by atoms with Crippen molar-refractivity contribution in [3.63, 3.8) is 0 Å². The maximum Gasteiger partial charge on any atom is 0.266 e. The Morgan fingerprint density at radius 2 is 2.00 bits per heavy atom. The predicted molar refractivity (Wildman–Crippen MR) is 98.7 cm³/mol. The first-order valence-electron chi connectivity index (χ1n) is 7.58. The summed E-state index contributed by atoms with van der Waals surface area (Å²) in [7, 11) is 0. The van der Waals surface area contributed by atoms with Crippen LogP contribution in [-0.2, 0) is 6.42 Å². The number of nitrogens with zero attached hydrogens (tertiary/aromatic N) is 2. The Hall–Kier alpha value is -1.65. The number of unbranched alkanes of at least 4 members (excludes halogenated alkanes) is 1. The standard InChI is InChI=1S/C18H16BrClN2O/c1-2-3-8-17-21-15-7-5-4-6-13(15)18(23)22(17)16-10-9-12(19)11-14(16)20/h4-7,9-11H,2-3,8H2,1H3. The van der Waals surface area contributed by atoms with Gasteiger partial charge < -0.3 is 0 Å². The van der Waals surface area contributed by atoms with E-state index in [-0.39, 0.29) is 5.56 Å². The topological polar surface area (TPSA) is 34.9 Å². The minimum atomic E-state index is -0.0778. The Balaban J connectivity index is 2.32. The quantitative estimate of drug-likeness (QED) is 0.617. The minimum absolute atomic E-state index is 0.0778. The highest BCUT2D eigenvalue weighted by Crippen LogP contribution is 2.25. The van der Waals surface area contributed by atoms with E-state index in [1.54, 1.807) is 16.7 Å². The Kier molecular flexibility index (Phi) is 4.83. The summed E-state index contributed by atoms with van der Waals surface area (Å²) in [5, 5.41) is 1.13. The number of halogens is 2. The van der Waals surface area contributed by atoms with Gasteiger partial charge in [0.25, 0.3) is 5.56 Å². The monoisotopic (exact) mass is 390 g/mol. The van der Waals surface area contributed by atoms with Gasteiger partial charge in [0.1, 0.15) is 5.82 Å². The average molecular weight is 392 g/mol. The van der Waals surface area contributed by atoms with Gasteiger partial charge in [-0.25, -0.2) is 4.98 Å². The molecule has 0 radical (unpaired) electrons. The summed E-state index contributed by atoms with van der Waals surface area (Å²) in [6.45, 7) is 2.12. The molecule has 3 rings (SSSR count). The fourth-order valence-corrected chi connectivity index (χ4v) is 3.35. The van der Waals surface area contributed by atoms with E-state index in [4.69, 9.17) is 16.6 Å². The second-order valence-electron chi connectivity index (χ2n) is 5.39. The van der Waals surface area contributed by atoms with Crippen molar-refractivity contribution in [3.05, 3.63) is 68.1 Å². The molecule has 3 nitrogen and oxygen atoms in total. The molecule has 1 aromatic heterocycles. The summed E-state index contributed by atoms with van der Waals surface area (Å²) in [5.41, 5.74) is 1.32. The summed E-state index contributed by atoms with van der Waals surface area (Å²) >= 11 is 9.78. The first kappa shape index (κ1) is 16.2. The average Bonchev–Trinajstić information content (AvgIpc) is 2.54. The number of fused-ring (bicyclic) bond motifs is 1. The van der Waals surface area contributed by atoms with Gasteiger partial charge in [0.15, 0.2) is 0 Å². The van der Waals surface area contributed by atoms with Gasteiger partial charge in [-0.1, -0.05) is 53.0 Å². The smallest absolute Gasteiger partial charge is 0.266 e. The molecular weight excluding hydrogens is 376 g/mol. The number of aromatic nitrogens is 2. The van der Waals surface area contributed by atoms with Crippen LogP contribution in [0.25, 0.3) is 16.6 Å². The van der Waals surface area contributed by atoms with Crippen molar-refractivity contribution in [2.45, 2.75) is 26.2 Å². The van der Waals surface area contributed by atoms with Crippen LogP contribution in [0.2, 0.25) is 5.02 Å². The Labute approximate surface area is 148 Å². The van der Waals surface area contributed by atoms with E-state index < -0.39 is 0 Å². The van der Waals surface area contributed by atoms with Crippen LogP contribution < -0.4 is 5.56 Å². The van der Waals surface area contributed by atoms with Crippen molar-refractivity contribution < 1.29 is 0 Å². The number of para-hydroxylation sites is 1. The predicted octanol–water partition coefficient (Wildman–Crippen LogP) is 5.14. The molecule has 0 unspecified atom stereocenters. The van der Waals surface area contributed by atoms with E-state index in [1.165, 1.54) is 0 Å². The Morgan fingerprint density at radius 3 is 2.74 bits per heavy atom. The summed E-state index contributed by atoms with van der Waals surface area (Å²) < 4.78 is 2.52. The van der Waals surface area contributed by atoms with E-state index in [2.05, 4.69) is 22.9 Å². The molecule has 0 saturated carbocycles. The molecule has 1 heterocycles. The molecule has 5 heteroatoms. The number of hydrogen-bond donors (Lipinski definition) is 0. The molecule has 2 aromatic carbocycles. The highest BCUT2D eigenvalue weighted by molar-refractivity contribution is 9.10. The van der Waals surface area contributed by atoms with Crippen LogP contribution in [0.4, 0.5) is 0 Å². The lowest BCUT2D eigenvalue weighted by molar-refractivity contribution is 0.720. The maximum atomic E-state index is 13.0. The molecule has 0 aliphatic rings. The number of benzene rings is 2. The molecule has 0 fully saturated rings. The van der Waals surface area contributed by atoms with Crippen molar-refractivity contribution in [3.8, 4) is 5.69 Å². The summed E-state index contributed by atoms with van der Waals surface area (Å²) in [5.74, 6) is 0.750. The lowest BCUT2D eigenvalue weighted by Gasteiger charge is -2.15. The van der Waals surface area contributed by atoms with Crippen molar-refractivity contribution >= 4 is 38.4 Å². The van der Waals surface area contributed by atoms with Gasteiger partial charge in [-0.05, 0) is 36.8 Å². The van der Waals surface area contributed by atoms with Crippen LogP contribution in [0.1, 0.15) is 25.6 Å². The molecule has 0 amide bonds. The highest BCUT2D eigenvalue weighted by Gasteiger charge is 2.14. The molecule has 3 aromatic rings. The van der Waals surface area contributed by atoms with E-state index in [1.807, 2.05) is 30.3 Å². The molecule has 0 saturated heterocycles. The van der Waals surface area contributed by atoms with Gasteiger partial charge in [-0.3, -0.25) is 9.36 Å². The van der Waals surface area contributed by atoms with Crippen LogP contribution >= 0.6 is 27.5 Å². The van der Waals surface area contributed by atoms with Gasteiger partial charge in [-0.15, -0.1) is 0 Å². The molecule has 0 spiro atoms. The number of hydrogen-bond acceptors (Lipinski definition) is 2. The molecule has 23 heavy (non-hydrogen) atoms. The molecule has 0 bridgehead atoms. The molecule has 0 atom stereocenters. The first-order valence-corrected chi connectivity index (χ1v) is 8.75. The second-order valence-corrected chi connectivity index (χ2v) is 6.71. The van der Waals surface area contributed by atoms with E-state index in [0.29, 0.717) is 16.1 Å². The minimum Gasteiger partial charge on any atom is -0.268 e. The third-order valence-electron chi connectivity index (χ3n) is 3.75. The first-order chi connectivity index (χ1) is 11.1.